The first-order chi connectivity index (χ1) is 7.86. The van der Waals surface area contributed by atoms with Crippen molar-refractivity contribution in [2.75, 3.05) is 6.54 Å². The summed E-state index contributed by atoms with van der Waals surface area (Å²) in [4.78, 5) is 22.2. The van der Waals surface area contributed by atoms with Crippen molar-refractivity contribution in [1.29, 1.82) is 0 Å². The predicted octanol–water partition coefficient (Wildman–Crippen LogP) is 2.35. The van der Waals surface area contributed by atoms with E-state index in [9.17, 15) is 9.59 Å². The average Bonchev–Trinajstić information content (AvgIpc) is 2.25. The molecule has 0 aromatic rings. The molecule has 0 unspecified atom stereocenters. The molecule has 0 radical (unpaired) electrons. The van der Waals surface area contributed by atoms with Gasteiger partial charge < -0.3 is 10.4 Å². The summed E-state index contributed by atoms with van der Waals surface area (Å²) in [6.07, 6.45) is 3.17. The molecule has 0 saturated carbocycles. The van der Waals surface area contributed by atoms with Crippen LogP contribution in [0.4, 0.5) is 0 Å². The third kappa shape index (κ3) is 6.76. The van der Waals surface area contributed by atoms with Gasteiger partial charge in [-0.3, -0.25) is 4.79 Å². The Kier molecular flexibility index (Phi) is 7.26. The van der Waals surface area contributed by atoms with E-state index in [0.29, 0.717) is 12.5 Å². The van der Waals surface area contributed by atoms with Crippen molar-refractivity contribution in [2.24, 2.45) is 5.92 Å². The van der Waals surface area contributed by atoms with Gasteiger partial charge in [0.25, 0.3) is 0 Å². The Morgan fingerprint density at radius 1 is 1.12 bits per heavy atom. The minimum absolute atomic E-state index is 0.102. The average molecular weight is 241 g/mol. The molecule has 0 aromatic carbocycles. The number of unbranched alkanes of at least 4 members (excludes halogenated alkanes) is 1. The molecule has 0 saturated heterocycles. The predicted molar refractivity (Wildman–Crippen MR) is 67.7 cm³/mol. The third-order valence-corrected chi connectivity index (χ3v) is 2.72. The Morgan fingerprint density at radius 3 is 2.18 bits per heavy atom. The highest BCUT2D eigenvalue weighted by molar-refractivity contribution is 6.01. The van der Waals surface area contributed by atoms with Gasteiger partial charge in [0.15, 0.2) is 0 Å². The maximum atomic E-state index is 11.6. The fourth-order valence-corrected chi connectivity index (χ4v) is 1.34. The summed E-state index contributed by atoms with van der Waals surface area (Å²) >= 11 is 0. The standard InChI is InChI=1S/C13H23NO3/c1-9(2)7-5-6-8-14-12(15)10(3)11(4)13(16)17/h9H,5-8H2,1-4H3,(H,14,15)(H,16,17). The fourth-order valence-electron chi connectivity index (χ4n) is 1.34. The molecule has 0 atom stereocenters. The molecule has 0 aliphatic rings. The fraction of sp³-hybridized carbons (Fsp3) is 0.692. The zero-order valence-electron chi connectivity index (χ0n) is 11.2. The van der Waals surface area contributed by atoms with Gasteiger partial charge in [-0.25, -0.2) is 4.79 Å². The van der Waals surface area contributed by atoms with Crippen LogP contribution in [0.25, 0.3) is 0 Å². The van der Waals surface area contributed by atoms with E-state index in [0.717, 1.165) is 19.3 Å². The zero-order chi connectivity index (χ0) is 13.4. The van der Waals surface area contributed by atoms with Crippen molar-refractivity contribution in [1.82, 2.24) is 5.32 Å². The maximum Gasteiger partial charge on any atom is 0.331 e. The topological polar surface area (TPSA) is 66.4 Å². The highest BCUT2D eigenvalue weighted by Crippen LogP contribution is 2.06. The Balaban J connectivity index is 3.95. The first kappa shape index (κ1) is 15.7. The summed E-state index contributed by atoms with van der Waals surface area (Å²) in [7, 11) is 0. The Hall–Kier alpha value is -1.32. The molecular formula is C13H23NO3. The van der Waals surface area contributed by atoms with E-state index in [1.807, 2.05) is 0 Å². The van der Waals surface area contributed by atoms with Crippen LogP contribution >= 0.6 is 0 Å². The van der Waals surface area contributed by atoms with E-state index in [1.54, 1.807) is 0 Å². The quantitative estimate of drug-likeness (QED) is 0.531. The van der Waals surface area contributed by atoms with Crippen molar-refractivity contribution < 1.29 is 14.7 Å². The summed E-state index contributed by atoms with van der Waals surface area (Å²) in [6, 6.07) is 0. The molecular weight excluding hydrogens is 218 g/mol. The van der Waals surface area contributed by atoms with Crippen molar-refractivity contribution in [3.05, 3.63) is 11.1 Å². The number of carbonyl (C=O) groups excluding carboxylic acids is 1. The van der Waals surface area contributed by atoms with Gasteiger partial charge in [0, 0.05) is 17.7 Å². The number of nitrogens with one attached hydrogen (secondary N) is 1. The molecule has 0 spiro atoms. The number of carboxylic acid groups (broad SMARTS) is 1. The number of carbonyl (C=O) groups is 2. The molecule has 98 valence electrons. The van der Waals surface area contributed by atoms with E-state index in [4.69, 9.17) is 5.11 Å². The van der Waals surface area contributed by atoms with Crippen LogP contribution in [-0.2, 0) is 9.59 Å². The number of aliphatic carboxylic acids is 1. The minimum Gasteiger partial charge on any atom is -0.478 e. The molecule has 0 aliphatic heterocycles. The van der Waals surface area contributed by atoms with Gasteiger partial charge in [-0.15, -0.1) is 0 Å². The number of amides is 1. The lowest BCUT2D eigenvalue weighted by molar-refractivity contribution is -0.133. The van der Waals surface area contributed by atoms with Crippen molar-refractivity contribution >= 4 is 11.9 Å². The molecule has 0 fully saturated rings. The number of rotatable bonds is 7. The summed E-state index contributed by atoms with van der Waals surface area (Å²) < 4.78 is 0. The van der Waals surface area contributed by atoms with Gasteiger partial charge in [0.2, 0.25) is 5.91 Å². The normalized spacial score (nSPS) is 12.3. The van der Waals surface area contributed by atoms with Crippen LogP contribution in [0.3, 0.4) is 0 Å². The molecule has 0 aliphatic carbocycles. The molecule has 0 aromatic heterocycles. The van der Waals surface area contributed by atoms with Crippen molar-refractivity contribution in [2.45, 2.75) is 47.0 Å². The SMILES string of the molecule is CC(C(=O)O)=C(C)C(=O)NCCCCC(C)C. The molecule has 17 heavy (non-hydrogen) atoms. The third-order valence-electron chi connectivity index (χ3n) is 2.72. The first-order valence-corrected chi connectivity index (χ1v) is 6.05. The molecule has 0 rings (SSSR count). The summed E-state index contributed by atoms with van der Waals surface area (Å²) in [6.45, 7) is 7.92. The second-order valence-corrected chi connectivity index (χ2v) is 4.70. The monoisotopic (exact) mass is 241 g/mol. The summed E-state index contributed by atoms with van der Waals surface area (Å²) in [5, 5.41) is 11.5. The van der Waals surface area contributed by atoms with E-state index in [1.165, 1.54) is 13.8 Å². The van der Waals surface area contributed by atoms with Crippen molar-refractivity contribution in [3.63, 3.8) is 0 Å². The molecule has 0 bridgehead atoms. The largest absolute Gasteiger partial charge is 0.478 e. The van der Waals surface area contributed by atoms with Crippen LogP contribution in [0.1, 0.15) is 47.0 Å². The minimum atomic E-state index is -1.04. The molecule has 4 heteroatoms. The van der Waals surface area contributed by atoms with Crippen LogP contribution in [-0.4, -0.2) is 23.5 Å². The lowest BCUT2D eigenvalue weighted by Crippen LogP contribution is -2.26. The van der Waals surface area contributed by atoms with Gasteiger partial charge in [0.1, 0.15) is 0 Å². The van der Waals surface area contributed by atoms with Crippen molar-refractivity contribution in [3.8, 4) is 0 Å². The van der Waals surface area contributed by atoms with Crippen LogP contribution in [0.2, 0.25) is 0 Å². The molecule has 0 heterocycles. The molecule has 4 nitrogen and oxygen atoms in total. The summed E-state index contributed by atoms with van der Waals surface area (Å²) in [5.74, 6) is -0.645. The number of hydrogen-bond acceptors (Lipinski definition) is 2. The highest BCUT2D eigenvalue weighted by Gasteiger charge is 2.11. The lowest BCUT2D eigenvalue weighted by Gasteiger charge is -2.07. The Labute approximate surface area is 103 Å². The van der Waals surface area contributed by atoms with Crippen LogP contribution in [0.5, 0.6) is 0 Å². The van der Waals surface area contributed by atoms with Crippen LogP contribution in [0, 0.1) is 5.92 Å². The maximum absolute atomic E-state index is 11.6. The van der Waals surface area contributed by atoms with Gasteiger partial charge >= 0.3 is 5.97 Å². The van der Waals surface area contributed by atoms with Crippen LogP contribution in [0.15, 0.2) is 11.1 Å². The number of carboxylic acids is 1. The second-order valence-electron chi connectivity index (χ2n) is 4.70. The van der Waals surface area contributed by atoms with Gasteiger partial charge in [-0.05, 0) is 26.2 Å². The lowest BCUT2D eigenvalue weighted by atomic mass is 10.1. The molecule has 1 amide bonds. The molecule has 2 N–H and O–H groups in total. The zero-order valence-corrected chi connectivity index (χ0v) is 11.2. The van der Waals surface area contributed by atoms with Gasteiger partial charge in [0.05, 0.1) is 0 Å². The van der Waals surface area contributed by atoms with Crippen LogP contribution < -0.4 is 5.32 Å². The van der Waals surface area contributed by atoms with Gasteiger partial charge in [-0.1, -0.05) is 26.7 Å². The highest BCUT2D eigenvalue weighted by atomic mass is 16.4. The van der Waals surface area contributed by atoms with E-state index >= 15 is 0 Å². The van der Waals surface area contributed by atoms with E-state index in [2.05, 4.69) is 19.2 Å². The Bertz CT molecular complexity index is 306. The van der Waals surface area contributed by atoms with Gasteiger partial charge in [-0.2, -0.15) is 0 Å². The smallest absolute Gasteiger partial charge is 0.331 e. The first-order valence-electron chi connectivity index (χ1n) is 6.05. The summed E-state index contributed by atoms with van der Waals surface area (Å²) in [5.41, 5.74) is 0.381. The van der Waals surface area contributed by atoms with E-state index in [-0.39, 0.29) is 17.1 Å². The Morgan fingerprint density at radius 2 is 1.71 bits per heavy atom. The second kappa shape index (κ2) is 7.87. The number of hydrogen-bond donors (Lipinski definition) is 2. The van der Waals surface area contributed by atoms with E-state index < -0.39 is 5.97 Å².